The molecule has 0 aliphatic heterocycles. The second-order valence-corrected chi connectivity index (χ2v) is 9.73. The third-order valence-corrected chi connectivity index (χ3v) is 6.70. The quantitative estimate of drug-likeness (QED) is 0.274. The molecule has 0 bridgehead atoms. The molecule has 12 heteroatoms. The van der Waals surface area contributed by atoms with Crippen LogP contribution in [0.2, 0.25) is 0 Å². The monoisotopic (exact) mass is 542 g/mol. The van der Waals surface area contributed by atoms with Crippen LogP contribution in [0.5, 0.6) is 23.0 Å². The summed E-state index contributed by atoms with van der Waals surface area (Å²) in [4.78, 5) is 23.0. The molecule has 0 heterocycles. The van der Waals surface area contributed by atoms with Crippen LogP contribution in [-0.4, -0.2) is 47.7 Å². The van der Waals surface area contributed by atoms with Gasteiger partial charge in [-0.05, 0) is 35.9 Å². The summed E-state index contributed by atoms with van der Waals surface area (Å²) < 4.78 is 47.1. The summed E-state index contributed by atoms with van der Waals surface area (Å²) in [6.07, 6.45) is 1.38. The van der Waals surface area contributed by atoms with Gasteiger partial charge in [-0.2, -0.15) is 0 Å². The van der Waals surface area contributed by atoms with Crippen molar-refractivity contribution in [2.24, 2.45) is 0 Å². The zero-order valence-electron chi connectivity index (χ0n) is 21.1. The first-order valence-corrected chi connectivity index (χ1v) is 12.8. The molecule has 200 valence electrons. The van der Waals surface area contributed by atoms with Gasteiger partial charge in [0.15, 0.2) is 9.84 Å². The molecular formula is C26H26N2O9S. The molecular weight excluding hydrogens is 516 g/mol. The number of nitrogens with zero attached hydrogens (tertiary/aromatic N) is 1. The number of non-ortho nitro benzene ring substituents is 1. The van der Waals surface area contributed by atoms with E-state index in [1.54, 1.807) is 18.2 Å². The number of nitro benzene ring substituents is 1. The van der Waals surface area contributed by atoms with Gasteiger partial charge in [0.1, 0.15) is 23.0 Å². The molecule has 38 heavy (non-hydrogen) atoms. The van der Waals surface area contributed by atoms with E-state index in [0.29, 0.717) is 34.1 Å². The number of ether oxygens (including phenoxy) is 4. The van der Waals surface area contributed by atoms with Gasteiger partial charge in [0.2, 0.25) is 0 Å². The summed E-state index contributed by atoms with van der Waals surface area (Å²) in [6, 6.07) is 12.9. The lowest BCUT2D eigenvalue weighted by atomic mass is 10.1. The predicted octanol–water partition coefficient (Wildman–Crippen LogP) is 4.47. The van der Waals surface area contributed by atoms with E-state index < -0.39 is 20.7 Å². The summed E-state index contributed by atoms with van der Waals surface area (Å²) in [5.74, 6) is 0.623. The largest absolute Gasteiger partial charge is 0.496 e. The number of carbonyl (C=O) groups is 1. The summed E-state index contributed by atoms with van der Waals surface area (Å²) in [5, 5.41) is 14.6. The van der Waals surface area contributed by atoms with E-state index in [2.05, 4.69) is 5.32 Å². The molecule has 0 aliphatic rings. The summed E-state index contributed by atoms with van der Waals surface area (Å²) >= 11 is 0. The minimum absolute atomic E-state index is 0.149. The zero-order chi connectivity index (χ0) is 27.9. The van der Waals surface area contributed by atoms with Crippen molar-refractivity contribution in [3.8, 4) is 23.0 Å². The maximum atomic E-state index is 12.9. The number of nitro groups is 1. The number of methoxy groups -OCH3 is 4. The molecule has 3 aromatic rings. The standard InChI is InChI=1S/C26H26N2O9S/c1-34-20-14-24(36-3)21(25(15-20)37-4)11-12-38(32,33)16-17-5-10-23(35-2)22(13-17)27-26(29)18-6-8-19(9-7-18)28(30)31/h5-15H,16H2,1-4H3,(H,27,29). The number of anilines is 1. The predicted molar refractivity (Wildman–Crippen MR) is 142 cm³/mol. The van der Waals surface area contributed by atoms with Crippen LogP contribution in [0.4, 0.5) is 11.4 Å². The third kappa shape index (κ3) is 6.79. The Kier molecular flexibility index (Phi) is 8.92. The number of amides is 1. The number of hydrogen-bond acceptors (Lipinski definition) is 9. The molecule has 3 rings (SSSR count). The Balaban J connectivity index is 1.84. The van der Waals surface area contributed by atoms with Gasteiger partial charge >= 0.3 is 0 Å². The van der Waals surface area contributed by atoms with Crippen molar-refractivity contribution in [2.45, 2.75) is 5.75 Å². The average molecular weight is 543 g/mol. The van der Waals surface area contributed by atoms with E-state index in [-0.39, 0.29) is 22.7 Å². The molecule has 11 nitrogen and oxygen atoms in total. The van der Waals surface area contributed by atoms with E-state index >= 15 is 0 Å². The smallest absolute Gasteiger partial charge is 0.269 e. The molecule has 1 N–H and O–H groups in total. The van der Waals surface area contributed by atoms with Crippen LogP contribution in [0.25, 0.3) is 6.08 Å². The van der Waals surface area contributed by atoms with Crippen molar-refractivity contribution in [3.05, 3.63) is 86.8 Å². The van der Waals surface area contributed by atoms with E-state index in [9.17, 15) is 23.3 Å². The number of hydrogen-bond donors (Lipinski definition) is 1. The van der Waals surface area contributed by atoms with Crippen LogP contribution in [0.3, 0.4) is 0 Å². The van der Waals surface area contributed by atoms with Crippen molar-refractivity contribution < 1.29 is 37.1 Å². The molecule has 0 unspecified atom stereocenters. The fourth-order valence-corrected chi connectivity index (χ4v) is 4.60. The minimum Gasteiger partial charge on any atom is -0.496 e. The summed E-state index contributed by atoms with van der Waals surface area (Å²) in [5.41, 5.74) is 1.09. The van der Waals surface area contributed by atoms with Crippen LogP contribution < -0.4 is 24.3 Å². The minimum atomic E-state index is -3.77. The normalized spacial score (nSPS) is 11.2. The zero-order valence-corrected chi connectivity index (χ0v) is 21.9. The summed E-state index contributed by atoms with van der Waals surface area (Å²) in [7, 11) is 2.03. The molecule has 1 amide bonds. The van der Waals surface area contributed by atoms with Gasteiger partial charge in [-0.1, -0.05) is 6.07 Å². The average Bonchev–Trinajstić information content (AvgIpc) is 2.91. The van der Waals surface area contributed by atoms with E-state index in [4.69, 9.17) is 18.9 Å². The Labute approximate surface area is 219 Å². The van der Waals surface area contributed by atoms with Crippen LogP contribution >= 0.6 is 0 Å². The van der Waals surface area contributed by atoms with E-state index in [0.717, 1.165) is 5.41 Å². The van der Waals surface area contributed by atoms with Crippen LogP contribution in [-0.2, 0) is 15.6 Å². The Morgan fingerprint density at radius 2 is 1.50 bits per heavy atom. The second kappa shape index (κ2) is 12.1. The fraction of sp³-hybridized carbons (Fsp3) is 0.192. The lowest BCUT2D eigenvalue weighted by molar-refractivity contribution is -0.384. The maximum absolute atomic E-state index is 12.9. The van der Waals surface area contributed by atoms with Crippen molar-refractivity contribution in [2.75, 3.05) is 33.8 Å². The fourth-order valence-electron chi connectivity index (χ4n) is 3.52. The molecule has 0 fully saturated rings. The SMILES string of the molecule is COc1cc(OC)c(C=CS(=O)(=O)Cc2ccc(OC)c(NC(=O)c3ccc([N+](=O)[O-])cc3)c2)c(OC)c1. The van der Waals surface area contributed by atoms with Crippen LogP contribution in [0.1, 0.15) is 21.5 Å². The van der Waals surface area contributed by atoms with Gasteiger partial charge in [-0.15, -0.1) is 0 Å². The van der Waals surface area contributed by atoms with Gasteiger partial charge in [0.25, 0.3) is 11.6 Å². The van der Waals surface area contributed by atoms with Gasteiger partial charge < -0.3 is 24.3 Å². The first-order chi connectivity index (χ1) is 18.1. The molecule has 0 aliphatic carbocycles. The molecule has 0 saturated heterocycles. The lowest BCUT2D eigenvalue weighted by Crippen LogP contribution is -2.13. The molecule has 0 atom stereocenters. The highest BCUT2D eigenvalue weighted by molar-refractivity contribution is 7.93. The Hall–Kier alpha value is -4.58. The highest BCUT2D eigenvalue weighted by Gasteiger charge is 2.16. The summed E-state index contributed by atoms with van der Waals surface area (Å²) in [6.45, 7) is 0. The van der Waals surface area contributed by atoms with Crippen molar-refractivity contribution in [1.82, 2.24) is 0 Å². The van der Waals surface area contributed by atoms with Crippen molar-refractivity contribution >= 4 is 33.2 Å². The highest BCUT2D eigenvalue weighted by atomic mass is 32.2. The van der Waals surface area contributed by atoms with Crippen LogP contribution in [0, 0.1) is 10.1 Å². The first kappa shape index (κ1) is 28.0. The number of benzene rings is 3. The second-order valence-electron chi connectivity index (χ2n) is 7.85. The highest BCUT2D eigenvalue weighted by Crippen LogP contribution is 2.35. The lowest BCUT2D eigenvalue weighted by Gasteiger charge is -2.13. The van der Waals surface area contributed by atoms with Gasteiger partial charge in [-0.25, -0.2) is 8.42 Å². The number of rotatable bonds is 11. The van der Waals surface area contributed by atoms with Gasteiger partial charge in [0.05, 0.1) is 50.4 Å². The molecule has 0 radical (unpaired) electrons. The number of sulfone groups is 1. The van der Waals surface area contributed by atoms with Gasteiger partial charge in [0, 0.05) is 35.2 Å². The first-order valence-electron chi connectivity index (χ1n) is 11.0. The molecule has 0 saturated carbocycles. The van der Waals surface area contributed by atoms with Gasteiger partial charge in [-0.3, -0.25) is 14.9 Å². The number of carbonyl (C=O) groups excluding carboxylic acids is 1. The Morgan fingerprint density at radius 1 is 0.895 bits per heavy atom. The van der Waals surface area contributed by atoms with E-state index in [1.165, 1.54) is 70.9 Å². The van der Waals surface area contributed by atoms with E-state index in [1.807, 2.05) is 0 Å². The molecule has 3 aromatic carbocycles. The molecule has 0 spiro atoms. The number of nitrogens with one attached hydrogen (secondary N) is 1. The Morgan fingerprint density at radius 3 is 2.03 bits per heavy atom. The van der Waals surface area contributed by atoms with Crippen molar-refractivity contribution in [3.63, 3.8) is 0 Å². The Bertz CT molecular complexity index is 1440. The topological polar surface area (TPSA) is 143 Å². The third-order valence-electron chi connectivity index (χ3n) is 5.42. The van der Waals surface area contributed by atoms with Crippen molar-refractivity contribution in [1.29, 1.82) is 0 Å². The molecule has 0 aromatic heterocycles. The maximum Gasteiger partial charge on any atom is 0.269 e. The van der Waals surface area contributed by atoms with Crippen LogP contribution in [0.15, 0.2) is 60.0 Å².